The standard InChI is InChI=1S/2C21H17.2ClH.Zr/c2*1-2-15-13-17-9-6-12-20(21(17)14-15)19-11-5-8-16-7-3-4-10-18(16)19;;;/h2*3-14H,2H2,1H3;2*1H;/q2*-1;;;+4/p-2. The monoisotopic (exact) mass is 698 g/mol. The molecule has 0 spiro atoms. The molecule has 3 heteroatoms. The Morgan fingerprint density at radius 3 is 1.18 bits per heavy atom. The fourth-order valence-corrected chi connectivity index (χ4v) is 6.39. The van der Waals surface area contributed by atoms with E-state index < -0.39 is 20.8 Å². The van der Waals surface area contributed by atoms with Gasteiger partial charge < -0.3 is 0 Å². The van der Waals surface area contributed by atoms with E-state index in [1.807, 2.05) is 0 Å². The van der Waals surface area contributed by atoms with Gasteiger partial charge in [0.15, 0.2) is 0 Å². The van der Waals surface area contributed by atoms with Gasteiger partial charge in [0.25, 0.3) is 0 Å². The van der Waals surface area contributed by atoms with Crippen LogP contribution >= 0.6 is 17.0 Å². The summed E-state index contributed by atoms with van der Waals surface area (Å²) >= 11 is -0.826. The van der Waals surface area contributed by atoms with Gasteiger partial charge in [0, 0.05) is 0 Å². The van der Waals surface area contributed by atoms with E-state index in [2.05, 4.69) is 159 Å². The summed E-state index contributed by atoms with van der Waals surface area (Å²) in [5, 5.41) is 10.7. The quantitative estimate of drug-likeness (QED) is 0.160. The fourth-order valence-electron chi connectivity index (χ4n) is 6.39. The molecule has 0 saturated carbocycles. The van der Waals surface area contributed by atoms with Crippen molar-refractivity contribution >= 4 is 60.1 Å². The van der Waals surface area contributed by atoms with Crippen molar-refractivity contribution in [3.8, 4) is 22.3 Å². The summed E-state index contributed by atoms with van der Waals surface area (Å²) in [4.78, 5) is 0. The van der Waals surface area contributed by atoms with Gasteiger partial charge in [-0.15, -0.1) is 69.1 Å². The van der Waals surface area contributed by atoms with Gasteiger partial charge in [-0.1, -0.05) is 122 Å². The molecule has 0 aliphatic rings. The minimum atomic E-state index is -0.826. The van der Waals surface area contributed by atoms with E-state index in [1.54, 1.807) is 0 Å². The molecule has 45 heavy (non-hydrogen) atoms. The van der Waals surface area contributed by atoms with Gasteiger partial charge in [0.1, 0.15) is 0 Å². The predicted molar refractivity (Wildman–Crippen MR) is 195 cm³/mol. The van der Waals surface area contributed by atoms with Gasteiger partial charge in [-0.25, -0.2) is 0 Å². The first-order chi connectivity index (χ1) is 22.1. The zero-order valence-electron chi connectivity index (χ0n) is 25.5. The minimum absolute atomic E-state index is 0.826. The van der Waals surface area contributed by atoms with E-state index in [0.29, 0.717) is 0 Å². The first-order valence-electron chi connectivity index (χ1n) is 15.4. The number of benzene rings is 6. The first kappa shape index (κ1) is 31.5. The van der Waals surface area contributed by atoms with E-state index in [4.69, 9.17) is 17.0 Å². The van der Waals surface area contributed by atoms with Crippen molar-refractivity contribution in [2.24, 2.45) is 0 Å². The van der Waals surface area contributed by atoms with Crippen LogP contribution in [-0.4, -0.2) is 0 Å². The summed E-state index contributed by atoms with van der Waals surface area (Å²) in [5.74, 6) is 0. The summed E-state index contributed by atoms with van der Waals surface area (Å²) < 4.78 is 0. The molecule has 0 fully saturated rings. The van der Waals surface area contributed by atoms with Gasteiger partial charge in [0.2, 0.25) is 0 Å². The van der Waals surface area contributed by atoms with Crippen LogP contribution in [0.15, 0.2) is 146 Å². The van der Waals surface area contributed by atoms with Crippen molar-refractivity contribution in [3.63, 3.8) is 0 Å². The van der Waals surface area contributed by atoms with E-state index in [-0.39, 0.29) is 0 Å². The summed E-state index contributed by atoms with van der Waals surface area (Å²) in [5.41, 5.74) is 8.15. The van der Waals surface area contributed by atoms with Crippen molar-refractivity contribution in [2.75, 3.05) is 0 Å². The molecular formula is C42H34Cl2Zr. The molecule has 0 radical (unpaired) electrons. The molecule has 0 aromatic heterocycles. The van der Waals surface area contributed by atoms with Crippen LogP contribution in [0.3, 0.4) is 0 Å². The van der Waals surface area contributed by atoms with Gasteiger partial charge in [-0.2, -0.15) is 12.1 Å². The Morgan fingerprint density at radius 2 is 0.778 bits per heavy atom. The second-order valence-corrected chi connectivity index (χ2v) is 14.9. The van der Waals surface area contributed by atoms with Crippen LogP contribution < -0.4 is 0 Å². The number of aryl methyl sites for hydroxylation is 2. The molecule has 0 aliphatic carbocycles. The summed E-state index contributed by atoms with van der Waals surface area (Å²) in [6, 6.07) is 52.9. The molecule has 220 valence electrons. The number of rotatable bonds is 4. The molecule has 8 aromatic carbocycles. The van der Waals surface area contributed by atoms with Crippen LogP contribution in [0.2, 0.25) is 0 Å². The molecule has 0 aliphatic heterocycles. The predicted octanol–water partition coefficient (Wildman–Crippen LogP) is 13.3. The average molecular weight is 701 g/mol. The van der Waals surface area contributed by atoms with Crippen molar-refractivity contribution in [2.45, 2.75) is 26.7 Å². The third kappa shape index (κ3) is 6.73. The van der Waals surface area contributed by atoms with Crippen molar-refractivity contribution in [1.29, 1.82) is 0 Å². The number of hydrogen-bond donors (Lipinski definition) is 0. The third-order valence-corrected chi connectivity index (χ3v) is 8.60. The summed E-state index contributed by atoms with van der Waals surface area (Å²) in [6.45, 7) is 4.43. The second-order valence-electron chi connectivity index (χ2n) is 11.2. The van der Waals surface area contributed by atoms with Crippen molar-refractivity contribution in [1.82, 2.24) is 0 Å². The number of halogens is 2. The maximum absolute atomic E-state index is 4.93. The fraction of sp³-hybridized carbons (Fsp3) is 0.0952. The van der Waals surface area contributed by atoms with E-state index in [9.17, 15) is 0 Å². The van der Waals surface area contributed by atoms with E-state index >= 15 is 0 Å². The zero-order valence-corrected chi connectivity index (χ0v) is 29.5. The van der Waals surface area contributed by atoms with Crippen molar-refractivity contribution in [3.05, 3.63) is 157 Å². The number of fused-ring (bicyclic) bond motifs is 4. The Morgan fingerprint density at radius 1 is 0.444 bits per heavy atom. The van der Waals surface area contributed by atoms with Crippen LogP contribution in [0.25, 0.3) is 65.3 Å². The van der Waals surface area contributed by atoms with Gasteiger partial charge in [-0.3, -0.25) is 0 Å². The molecule has 0 unspecified atom stereocenters. The van der Waals surface area contributed by atoms with E-state index in [1.165, 1.54) is 76.5 Å². The Kier molecular flexibility index (Phi) is 10.3. The van der Waals surface area contributed by atoms with Gasteiger partial charge in [0.05, 0.1) is 0 Å². The van der Waals surface area contributed by atoms with Gasteiger partial charge >= 0.3 is 37.9 Å². The molecule has 0 saturated heterocycles. The van der Waals surface area contributed by atoms with Crippen LogP contribution in [-0.2, 0) is 33.7 Å². The summed E-state index contributed by atoms with van der Waals surface area (Å²) in [7, 11) is 9.87. The molecule has 8 aromatic rings. The molecule has 0 bridgehead atoms. The van der Waals surface area contributed by atoms with Crippen LogP contribution in [0, 0.1) is 0 Å². The molecule has 0 N–H and O–H groups in total. The Bertz CT molecular complexity index is 2030. The third-order valence-electron chi connectivity index (χ3n) is 8.60. The molecule has 0 amide bonds. The molecule has 8 rings (SSSR count). The summed E-state index contributed by atoms with van der Waals surface area (Å²) in [6.07, 6.45) is 2.17. The molecule has 0 heterocycles. The van der Waals surface area contributed by atoms with Crippen LogP contribution in [0.1, 0.15) is 25.0 Å². The normalized spacial score (nSPS) is 10.8. The molecule has 0 atom stereocenters. The van der Waals surface area contributed by atoms with Gasteiger partial charge in [-0.05, 0) is 45.5 Å². The zero-order chi connectivity index (χ0) is 31.2. The molecule has 0 nitrogen and oxygen atoms in total. The maximum atomic E-state index is 4.93. The topological polar surface area (TPSA) is 0 Å². The Labute approximate surface area is 284 Å². The van der Waals surface area contributed by atoms with Crippen molar-refractivity contribution < 1.29 is 20.8 Å². The van der Waals surface area contributed by atoms with E-state index in [0.717, 1.165) is 12.8 Å². The van der Waals surface area contributed by atoms with Crippen LogP contribution in [0.4, 0.5) is 0 Å². The van der Waals surface area contributed by atoms with Crippen LogP contribution in [0.5, 0.6) is 0 Å². The number of hydrogen-bond acceptors (Lipinski definition) is 0. The first-order valence-corrected chi connectivity index (χ1v) is 21.8. The second kappa shape index (κ2) is 14.7. The Hall–Kier alpha value is -3.48. The average Bonchev–Trinajstić information content (AvgIpc) is 3.73. The molecular weight excluding hydrogens is 667 g/mol. The Balaban J connectivity index is 0.000000146. The SMILES string of the molecule is CCc1cc2c(-c3cccc4ccccc34)cccc2[cH-]1.CCc1cc2c(-c3cccc4ccccc34)cccc2[cH-]1.[Cl][Zr+2][Cl].